The first-order valence-electron chi connectivity index (χ1n) is 7.64. The number of hydrogen-bond donors (Lipinski definition) is 1. The summed E-state index contributed by atoms with van der Waals surface area (Å²) in [5.74, 6) is 0.611. The van der Waals surface area contributed by atoms with Crippen molar-refractivity contribution in [3.05, 3.63) is 70.2 Å². The van der Waals surface area contributed by atoms with Crippen LogP contribution in [0.15, 0.2) is 48.5 Å². The summed E-state index contributed by atoms with van der Waals surface area (Å²) in [4.78, 5) is 11.9. The molecule has 0 unspecified atom stereocenters. The molecule has 1 amide bonds. The summed E-state index contributed by atoms with van der Waals surface area (Å²) < 4.78 is 0. The van der Waals surface area contributed by atoms with Gasteiger partial charge >= 0.3 is 0 Å². The van der Waals surface area contributed by atoms with E-state index in [1.54, 1.807) is 0 Å². The number of halogens is 1. The Morgan fingerprint density at radius 3 is 2.18 bits per heavy atom. The SMILES string of the molecule is CC(C)c1ccc(CCC(=O)NCc2ccc(Cl)cc2)cc1. The van der Waals surface area contributed by atoms with Crippen LogP contribution in [0.5, 0.6) is 0 Å². The van der Waals surface area contributed by atoms with Crippen LogP contribution in [0.2, 0.25) is 5.02 Å². The molecular weight excluding hydrogens is 294 g/mol. The van der Waals surface area contributed by atoms with Crippen LogP contribution in [0.1, 0.15) is 42.9 Å². The predicted molar refractivity (Wildman–Crippen MR) is 92.2 cm³/mol. The molecule has 0 aliphatic rings. The minimum atomic E-state index is 0.0721. The normalized spacial score (nSPS) is 10.7. The van der Waals surface area contributed by atoms with Gasteiger partial charge in [0.25, 0.3) is 0 Å². The fourth-order valence-electron chi connectivity index (χ4n) is 2.22. The second kappa shape index (κ2) is 8.00. The Hall–Kier alpha value is -1.80. The maximum Gasteiger partial charge on any atom is 0.220 e. The molecule has 0 saturated carbocycles. The first kappa shape index (κ1) is 16.6. The van der Waals surface area contributed by atoms with Crippen LogP contribution in [0.25, 0.3) is 0 Å². The van der Waals surface area contributed by atoms with Gasteiger partial charge in [-0.1, -0.05) is 61.8 Å². The molecule has 2 aromatic carbocycles. The molecule has 2 nitrogen and oxygen atoms in total. The van der Waals surface area contributed by atoms with Gasteiger partial charge in [-0.3, -0.25) is 4.79 Å². The second-order valence-electron chi connectivity index (χ2n) is 5.80. The third kappa shape index (κ3) is 5.19. The van der Waals surface area contributed by atoms with Crippen molar-refractivity contribution in [3.8, 4) is 0 Å². The monoisotopic (exact) mass is 315 g/mol. The zero-order valence-corrected chi connectivity index (χ0v) is 13.9. The molecule has 0 aliphatic carbocycles. The van der Waals surface area contributed by atoms with Crippen molar-refractivity contribution < 1.29 is 4.79 Å². The minimum absolute atomic E-state index is 0.0721. The van der Waals surface area contributed by atoms with E-state index in [0.717, 1.165) is 12.0 Å². The molecule has 116 valence electrons. The maximum atomic E-state index is 11.9. The summed E-state index contributed by atoms with van der Waals surface area (Å²) in [5.41, 5.74) is 3.58. The van der Waals surface area contributed by atoms with E-state index in [0.29, 0.717) is 23.9 Å². The molecule has 0 aromatic heterocycles. The summed E-state index contributed by atoms with van der Waals surface area (Å²) in [5, 5.41) is 3.64. The predicted octanol–water partition coefficient (Wildman–Crippen LogP) is 4.71. The zero-order chi connectivity index (χ0) is 15.9. The molecule has 0 aliphatic heterocycles. The average molecular weight is 316 g/mol. The summed E-state index contributed by atoms with van der Waals surface area (Å²) in [6.07, 6.45) is 1.28. The Balaban J connectivity index is 1.76. The lowest BCUT2D eigenvalue weighted by Gasteiger charge is -2.08. The third-order valence-corrected chi connectivity index (χ3v) is 3.94. The van der Waals surface area contributed by atoms with Crippen LogP contribution in [0.3, 0.4) is 0 Å². The van der Waals surface area contributed by atoms with Crippen molar-refractivity contribution in [3.63, 3.8) is 0 Å². The van der Waals surface area contributed by atoms with E-state index >= 15 is 0 Å². The standard InChI is InChI=1S/C19H22ClNO/c1-14(2)17-8-3-15(4-9-17)7-12-19(22)21-13-16-5-10-18(20)11-6-16/h3-6,8-11,14H,7,12-13H2,1-2H3,(H,21,22). The lowest BCUT2D eigenvalue weighted by atomic mass is 10.0. The van der Waals surface area contributed by atoms with E-state index < -0.39 is 0 Å². The topological polar surface area (TPSA) is 29.1 Å². The molecule has 0 heterocycles. The highest BCUT2D eigenvalue weighted by molar-refractivity contribution is 6.30. The highest BCUT2D eigenvalue weighted by atomic mass is 35.5. The van der Waals surface area contributed by atoms with Gasteiger partial charge in [-0.25, -0.2) is 0 Å². The van der Waals surface area contributed by atoms with Crippen LogP contribution in [-0.4, -0.2) is 5.91 Å². The van der Waals surface area contributed by atoms with E-state index in [9.17, 15) is 4.79 Å². The molecule has 2 aromatic rings. The molecule has 2 rings (SSSR count). The summed E-state index contributed by atoms with van der Waals surface area (Å²) >= 11 is 5.84. The third-order valence-electron chi connectivity index (χ3n) is 3.69. The van der Waals surface area contributed by atoms with Crippen molar-refractivity contribution in [2.45, 2.75) is 39.2 Å². The van der Waals surface area contributed by atoms with Crippen LogP contribution < -0.4 is 5.32 Å². The first-order chi connectivity index (χ1) is 10.5. The average Bonchev–Trinajstić information content (AvgIpc) is 2.52. The molecular formula is C19H22ClNO. The number of rotatable bonds is 6. The van der Waals surface area contributed by atoms with Gasteiger partial charge in [0.05, 0.1) is 0 Å². The van der Waals surface area contributed by atoms with Crippen molar-refractivity contribution in [1.82, 2.24) is 5.32 Å². The van der Waals surface area contributed by atoms with Gasteiger partial charge in [0.1, 0.15) is 0 Å². The lowest BCUT2D eigenvalue weighted by Crippen LogP contribution is -2.22. The molecule has 0 bridgehead atoms. The highest BCUT2D eigenvalue weighted by Crippen LogP contribution is 2.15. The van der Waals surface area contributed by atoms with Gasteiger partial charge in [0, 0.05) is 18.0 Å². The zero-order valence-electron chi connectivity index (χ0n) is 13.1. The number of carbonyl (C=O) groups is 1. The Kier molecular flexibility index (Phi) is 6.02. The molecule has 22 heavy (non-hydrogen) atoms. The fraction of sp³-hybridized carbons (Fsp3) is 0.316. The largest absolute Gasteiger partial charge is 0.352 e. The van der Waals surface area contributed by atoms with E-state index in [-0.39, 0.29) is 5.91 Å². The minimum Gasteiger partial charge on any atom is -0.352 e. The van der Waals surface area contributed by atoms with E-state index in [2.05, 4.69) is 43.4 Å². The van der Waals surface area contributed by atoms with Gasteiger partial charge in [-0.15, -0.1) is 0 Å². The van der Waals surface area contributed by atoms with Crippen molar-refractivity contribution >= 4 is 17.5 Å². The molecule has 0 fully saturated rings. The highest BCUT2D eigenvalue weighted by Gasteiger charge is 2.04. The number of aryl methyl sites for hydroxylation is 1. The molecule has 0 spiro atoms. The second-order valence-corrected chi connectivity index (χ2v) is 6.24. The molecule has 3 heteroatoms. The first-order valence-corrected chi connectivity index (χ1v) is 8.02. The number of nitrogens with one attached hydrogen (secondary N) is 1. The van der Waals surface area contributed by atoms with Gasteiger partial charge in [0.2, 0.25) is 5.91 Å². The summed E-state index contributed by atoms with van der Waals surface area (Å²) in [7, 11) is 0. The number of hydrogen-bond acceptors (Lipinski definition) is 1. The fourth-order valence-corrected chi connectivity index (χ4v) is 2.34. The van der Waals surface area contributed by atoms with Crippen molar-refractivity contribution in [2.24, 2.45) is 0 Å². The van der Waals surface area contributed by atoms with Crippen LogP contribution in [-0.2, 0) is 17.8 Å². The van der Waals surface area contributed by atoms with E-state index in [4.69, 9.17) is 11.6 Å². The van der Waals surface area contributed by atoms with E-state index in [1.165, 1.54) is 11.1 Å². The molecule has 0 atom stereocenters. The lowest BCUT2D eigenvalue weighted by molar-refractivity contribution is -0.121. The Morgan fingerprint density at radius 2 is 1.59 bits per heavy atom. The quantitative estimate of drug-likeness (QED) is 0.821. The Bertz CT molecular complexity index is 602. The van der Waals surface area contributed by atoms with Gasteiger partial charge in [-0.05, 0) is 41.2 Å². The molecule has 1 N–H and O–H groups in total. The molecule has 0 saturated heterocycles. The smallest absolute Gasteiger partial charge is 0.220 e. The molecule has 0 radical (unpaired) electrons. The van der Waals surface area contributed by atoms with Crippen LogP contribution >= 0.6 is 11.6 Å². The summed E-state index contributed by atoms with van der Waals surface area (Å²) in [6.45, 7) is 4.90. The van der Waals surface area contributed by atoms with Gasteiger partial charge < -0.3 is 5.32 Å². The Labute approximate surface area is 137 Å². The van der Waals surface area contributed by atoms with Crippen molar-refractivity contribution in [1.29, 1.82) is 0 Å². The van der Waals surface area contributed by atoms with E-state index in [1.807, 2.05) is 24.3 Å². The maximum absolute atomic E-state index is 11.9. The van der Waals surface area contributed by atoms with Crippen LogP contribution in [0, 0.1) is 0 Å². The Morgan fingerprint density at radius 1 is 1.00 bits per heavy atom. The van der Waals surface area contributed by atoms with Crippen LogP contribution in [0.4, 0.5) is 0 Å². The number of benzene rings is 2. The van der Waals surface area contributed by atoms with Gasteiger partial charge in [0.15, 0.2) is 0 Å². The number of carbonyl (C=O) groups excluding carboxylic acids is 1. The summed E-state index contributed by atoms with van der Waals surface area (Å²) in [6, 6.07) is 16.0. The van der Waals surface area contributed by atoms with Crippen molar-refractivity contribution in [2.75, 3.05) is 0 Å². The number of amides is 1. The van der Waals surface area contributed by atoms with Gasteiger partial charge in [-0.2, -0.15) is 0 Å².